The minimum Gasteiger partial charge on any atom is -0.489 e. The fraction of sp³-hybridized carbons (Fsp3) is 0.280. The molecule has 4 aromatic rings. The number of hydrogen-bond acceptors (Lipinski definition) is 4. The standard InChI is InChI=1S/C25H24ClN3O2/c1-2-25(30)14-19(15-25)24-28-21(22-23(26)27-11-12-29(22)24)18-9-6-10-20(13-18)31-16-17-7-4-3-5-8-17/h3-13,19,30H,2,14-16H2,1H3. The van der Waals surface area contributed by atoms with Gasteiger partial charge in [0.1, 0.15) is 23.7 Å². The molecule has 5 rings (SSSR count). The maximum atomic E-state index is 10.5. The van der Waals surface area contributed by atoms with E-state index in [1.807, 2.05) is 72.1 Å². The van der Waals surface area contributed by atoms with Gasteiger partial charge >= 0.3 is 0 Å². The summed E-state index contributed by atoms with van der Waals surface area (Å²) >= 11 is 6.50. The zero-order chi connectivity index (χ0) is 21.4. The van der Waals surface area contributed by atoms with E-state index in [1.54, 1.807) is 6.20 Å². The maximum absolute atomic E-state index is 10.5. The molecule has 2 heterocycles. The van der Waals surface area contributed by atoms with Gasteiger partial charge in [0, 0.05) is 23.9 Å². The van der Waals surface area contributed by atoms with Crippen molar-refractivity contribution in [2.24, 2.45) is 0 Å². The molecule has 0 radical (unpaired) electrons. The molecule has 1 N–H and O–H groups in total. The second-order valence-electron chi connectivity index (χ2n) is 8.24. The second-order valence-corrected chi connectivity index (χ2v) is 8.60. The summed E-state index contributed by atoms with van der Waals surface area (Å²) in [5.74, 6) is 1.89. The van der Waals surface area contributed by atoms with Crippen molar-refractivity contribution in [1.82, 2.24) is 14.4 Å². The highest BCUT2D eigenvalue weighted by atomic mass is 35.5. The van der Waals surface area contributed by atoms with Crippen LogP contribution < -0.4 is 4.74 Å². The number of imidazole rings is 1. The molecule has 0 saturated heterocycles. The summed E-state index contributed by atoms with van der Waals surface area (Å²) in [5, 5.41) is 10.9. The number of ether oxygens (including phenoxy) is 1. The summed E-state index contributed by atoms with van der Waals surface area (Å²) in [7, 11) is 0. The lowest BCUT2D eigenvalue weighted by atomic mass is 9.69. The molecule has 1 aliphatic rings. The van der Waals surface area contributed by atoms with Gasteiger partial charge < -0.3 is 9.84 Å². The Hall–Kier alpha value is -2.89. The summed E-state index contributed by atoms with van der Waals surface area (Å²) < 4.78 is 8.02. The number of hydrogen-bond donors (Lipinski definition) is 1. The first-order valence-electron chi connectivity index (χ1n) is 10.6. The van der Waals surface area contributed by atoms with Crippen molar-refractivity contribution in [3.05, 3.63) is 83.5 Å². The minimum atomic E-state index is -0.585. The van der Waals surface area contributed by atoms with Crippen LogP contribution in [0.1, 0.15) is 43.5 Å². The zero-order valence-electron chi connectivity index (χ0n) is 17.3. The summed E-state index contributed by atoms with van der Waals surface area (Å²) in [6, 6.07) is 18.0. The summed E-state index contributed by atoms with van der Waals surface area (Å²) in [6.45, 7) is 2.52. The molecule has 1 fully saturated rings. The van der Waals surface area contributed by atoms with E-state index in [-0.39, 0.29) is 5.92 Å². The van der Waals surface area contributed by atoms with Gasteiger partial charge in [-0.05, 0) is 37.0 Å². The number of halogens is 1. The first kappa shape index (κ1) is 20.0. The molecule has 31 heavy (non-hydrogen) atoms. The Labute approximate surface area is 186 Å². The van der Waals surface area contributed by atoms with Gasteiger partial charge in [-0.1, -0.05) is 61.0 Å². The second kappa shape index (κ2) is 7.98. The Bertz CT molecular complexity index is 1220. The summed E-state index contributed by atoms with van der Waals surface area (Å²) in [6.07, 6.45) is 5.76. The zero-order valence-corrected chi connectivity index (χ0v) is 18.1. The van der Waals surface area contributed by atoms with Crippen LogP contribution in [0.15, 0.2) is 67.0 Å². The molecule has 0 unspecified atom stereocenters. The smallest absolute Gasteiger partial charge is 0.155 e. The molecule has 2 aromatic carbocycles. The van der Waals surface area contributed by atoms with Crippen molar-refractivity contribution in [1.29, 1.82) is 0 Å². The lowest BCUT2D eigenvalue weighted by molar-refractivity contribution is -0.0536. The van der Waals surface area contributed by atoms with E-state index in [9.17, 15) is 5.11 Å². The van der Waals surface area contributed by atoms with Crippen LogP contribution >= 0.6 is 11.6 Å². The van der Waals surface area contributed by atoms with Crippen LogP contribution in [0.4, 0.5) is 0 Å². The third kappa shape index (κ3) is 3.80. The number of aliphatic hydroxyl groups is 1. The molecule has 0 atom stereocenters. The molecular formula is C25H24ClN3O2. The molecule has 1 aliphatic carbocycles. The van der Waals surface area contributed by atoms with Crippen LogP contribution in [-0.2, 0) is 6.61 Å². The van der Waals surface area contributed by atoms with E-state index in [1.165, 1.54) is 0 Å². The van der Waals surface area contributed by atoms with E-state index in [0.717, 1.165) is 40.3 Å². The Balaban J connectivity index is 1.49. The van der Waals surface area contributed by atoms with Gasteiger partial charge in [0.15, 0.2) is 5.15 Å². The van der Waals surface area contributed by atoms with Gasteiger partial charge in [0.25, 0.3) is 0 Å². The predicted octanol–water partition coefficient (Wildman–Crippen LogP) is 5.65. The van der Waals surface area contributed by atoms with Crippen LogP contribution in [0.25, 0.3) is 16.8 Å². The number of rotatable bonds is 6. The van der Waals surface area contributed by atoms with Crippen LogP contribution in [0.2, 0.25) is 5.15 Å². The normalized spacial score (nSPS) is 20.5. The van der Waals surface area contributed by atoms with Crippen molar-refractivity contribution in [3.63, 3.8) is 0 Å². The van der Waals surface area contributed by atoms with Gasteiger partial charge in [-0.15, -0.1) is 0 Å². The predicted molar refractivity (Wildman–Crippen MR) is 121 cm³/mol. The van der Waals surface area contributed by atoms with E-state index >= 15 is 0 Å². The molecule has 5 nitrogen and oxygen atoms in total. The van der Waals surface area contributed by atoms with Crippen molar-refractivity contribution < 1.29 is 9.84 Å². The monoisotopic (exact) mass is 433 g/mol. The lowest BCUT2D eigenvalue weighted by Crippen LogP contribution is -2.42. The quantitative estimate of drug-likeness (QED) is 0.427. The largest absolute Gasteiger partial charge is 0.489 e. The van der Waals surface area contributed by atoms with Gasteiger partial charge in [-0.2, -0.15) is 0 Å². The number of aromatic nitrogens is 3. The Morgan fingerprint density at radius 2 is 1.97 bits per heavy atom. The first-order chi connectivity index (χ1) is 15.1. The highest BCUT2D eigenvalue weighted by Gasteiger charge is 2.44. The molecule has 0 bridgehead atoms. The van der Waals surface area contributed by atoms with Crippen molar-refractivity contribution >= 4 is 17.1 Å². The number of nitrogens with zero attached hydrogens (tertiary/aromatic N) is 3. The molecule has 2 aromatic heterocycles. The van der Waals surface area contributed by atoms with E-state index in [2.05, 4.69) is 4.98 Å². The molecule has 6 heteroatoms. The van der Waals surface area contributed by atoms with Crippen LogP contribution in [-0.4, -0.2) is 25.1 Å². The van der Waals surface area contributed by atoms with E-state index in [4.69, 9.17) is 21.3 Å². The number of benzene rings is 2. The minimum absolute atomic E-state index is 0.196. The van der Waals surface area contributed by atoms with E-state index in [0.29, 0.717) is 24.6 Å². The van der Waals surface area contributed by atoms with Crippen LogP contribution in [0.3, 0.4) is 0 Å². The molecule has 158 valence electrons. The molecular weight excluding hydrogens is 410 g/mol. The molecule has 0 amide bonds. The van der Waals surface area contributed by atoms with E-state index < -0.39 is 5.60 Å². The topological polar surface area (TPSA) is 59.7 Å². The van der Waals surface area contributed by atoms with Crippen LogP contribution in [0.5, 0.6) is 5.75 Å². The molecule has 0 spiro atoms. The third-order valence-corrected chi connectivity index (χ3v) is 6.45. The summed E-state index contributed by atoms with van der Waals surface area (Å²) in [5.41, 5.74) is 3.02. The van der Waals surface area contributed by atoms with Crippen molar-refractivity contribution in [2.75, 3.05) is 0 Å². The lowest BCUT2D eigenvalue weighted by Gasteiger charge is -2.42. The van der Waals surface area contributed by atoms with Crippen LogP contribution in [0, 0.1) is 0 Å². The maximum Gasteiger partial charge on any atom is 0.155 e. The SMILES string of the molecule is CCC1(O)CC(c2nc(-c3cccc(OCc4ccccc4)c3)c3c(Cl)nccn23)C1. The number of fused-ring (bicyclic) bond motifs is 1. The Morgan fingerprint density at radius 1 is 1.16 bits per heavy atom. The Kier molecular flexibility index (Phi) is 5.16. The molecule has 1 saturated carbocycles. The highest BCUT2D eigenvalue weighted by Crippen LogP contribution is 2.47. The third-order valence-electron chi connectivity index (χ3n) is 6.17. The molecule has 0 aliphatic heterocycles. The van der Waals surface area contributed by atoms with Gasteiger partial charge in [0.05, 0.1) is 11.3 Å². The highest BCUT2D eigenvalue weighted by molar-refractivity contribution is 6.33. The average Bonchev–Trinajstić information content (AvgIpc) is 3.17. The van der Waals surface area contributed by atoms with Crippen molar-refractivity contribution in [2.45, 2.75) is 44.3 Å². The van der Waals surface area contributed by atoms with Crippen molar-refractivity contribution in [3.8, 4) is 17.0 Å². The van der Waals surface area contributed by atoms with Gasteiger partial charge in [0.2, 0.25) is 0 Å². The van der Waals surface area contributed by atoms with Gasteiger partial charge in [-0.25, -0.2) is 9.97 Å². The first-order valence-corrected chi connectivity index (χ1v) is 11.0. The van der Waals surface area contributed by atoms with Gasteiger partial charge in [-0.3, -0.25) is 4.40 Å². The summed E-state index contributed by atoms with van der Waals surface area (Å²) in [4.78, 5) is 9.25. The average molecular weight is 434 g/mol. The fourth-order valence-electron chi connectivity index (χ4n) is 4.32. The fourth-order valence-corrected chi connectivity index (χ4v) is 4.55. The Morgan fingerprint density at radius 3 is 2.74 bits per heavy atom.